The van der Waals surface area contributed by atoms with Gasteiger partial charge in [-0.25, -0.2) is 4.98 Å². The molecule has 0 saturated heterocycles. The van der Waals surface area contributed by atoms with Gasteiger partial charge in [0.15, 0.2) is 5.16 Å². The maximum Gasteiger partial charge on any atom is 0.166 e. The maximum absolute atomic E-state index is 5.80. The van der Waals surface area contributed by atoms with Crippen LogP contribution in [-0.2, 0) is 18.6 Å². The summed E-state index contributed by atoms with van der Waals surface area (Å²) in [5.41, 5.74) is 13.0. The summed E-state index contributed by atoms with van der Waals surface area (Å²) in [4.78, 5) is 7.92. The van der Waals surface area contributed by atoms with Crippen molar-refractivity contribution in [2.75, 3.05) is 5.73 Å². The zero-order valence-corrected chi connectivity index (χ0v) is 12.5. The van der Waals surface area contributed by atoms with Crippen molar-refractivity contribution in [3.63, 3.8) is 0 Å². The normalized spacial score (nSPS) is 13.7. The molecule has 106 valence electrons. The first-order valence-electron chi connectivity index (χ1n) is 7.27. The Hall–Kier alpha value is -1.94. The van der Waals surface area contributed by atoms with Crippen LogP contribution in [0.3, 0.4) is 0 Å². The number of rotatable bonds is 3. The average Bonchev–Trinajstić information content (AvgIpc) is 3.09. The number of anilines is 1. The van der Waals surface area contributed by atoms with E-state index in [1.165, 1.54) is 36.0 Å². The lowest BCUT2D eigenvalue weighted by Crippen LogP contribution is -1.87. The van der Waals surface area contributed by atoms with Gasteiger partial charge in [0, 0.05) is 11.4 Å². The van der Waals surface area contributed by atoms with E-state index in [1.54, 1.807) is 11.8 Å². The third-order valence-corrected chi connectivity index (χ3v) is 4.97. The zero-order chi connectivity index (χ0) is 14.2. The van der Waals surface area contributed by atoms with Crippen LogP contribution >= 0.6 is 11.8 Å². The highest BCUT2D eigenvalue weighted by molar-refractivity contribution is 7.98. The number of nitrogens with zero attached hydrogens (tertiary/aromatic N) is 1. The number of nitrogens with one attached hydrogen (secondary N) is 1. The van der Waals surface area contributed by atoms with Crippen LogP contribution in [0.5, 0.6) is 0 Å². The summed E-state index contributed by atoms with van der Waals surface area (Å²) in [6.45, 7) is 0. The van der Waals surface area contributed by atoms with Gasteiger partial charge in [-0.05, 0) is 54.2 Å². The molecule has 3 aromatic rings. The molecule has 0 fully saturated rings. The standard InChI is InChI=1S/C17H17N3S/c18-14-6-7-15-16(9-14)20-17(19-15)21-10-11-4-5-12-2-1-3-13(12)8-11/h4-9H,1-3,10,18H2,(H,19,20). The van der Waals surface area contributed by atoms with E-state index in [-0.39, 0.29) is 0 Å². The third-order valence-electron chi connectivity index (χ3n) is 4.02. The fraction of sp³-hybridized carbons (Fsp3) is 0.235. The minimum Gasteiger partial charge on any atom is -0.399 e. The Morgan fingerprint density at radius 2 is 2.00 bits per heavy atom. The fourth-order valence-corrected chi connectivity index (χ4v) is 3.77. The van der Waals surface area contributed by atoms with Crippen LogP contribution in [0, 0.1) is 0 Å². The highest BCUT2D eigenvalue weighted by Gasteiger charge is 2.11. The first-order valence-corrected chi connectivity index (χ1v) is 8.25. The Morgan fingerprint density at radius 3 is 2.95 bits per heavy atom. The molecule has 0 atom stereocenters. The number of hydrogen-bond acceptors (Lipinski definition) is 3. The van der Waals surface area contributed by atoms with Crippen molar-refractivity contribution in [2.24, 2.45) is 0 Å². The first-order chi connectivity index (χ1) is 10.3. The van der Waals surface area contributed by atoms with Crippen molar-refractivity contribution in [2.45, 2.75) is 30.2 Å². The van der Waals surface area contributed by atoms with Crippen molar-refractivity contribution < 1.29 is 0 Å². The summed E-state index contributed by atoms with van der Waals surface area (Å²) >= 11 is 1.74. The van der Waals surface area contributed by atoms with Crippen LogP contribution in [0.4, 0.5) is 5.69 Å². The van der Waals surface area contributed by atoms with E-state index in [2.05, 4.69) is 28.2 Å². The molecular formula is C17H17N3S. The molecule has 1 aromatic heterocycles. The minimum atomic E-state index is 0.765. The summed E-state index contributed by atoms with van der Waals surface area (Å²) in [5.74, 6) is 0.947. The topological polar surface area (TPSA) is 54.7 Å². The highest BCUT2D eigenvalue weighted by atomic mass is 32.2. The molecule has 0 unspecified atom stereocenters. The molecule has 1 aliphatic carbocycles. The average molecular weight is 295 g/mol. The number of thioether (sulfide) groups is 1. The van der Waals surface area contributed by atoms with Gasteiger partial charge in [0.25, 0.3) is 0 Å². The number of fused-ring (bicyclic) bond motifs is 2. The van der Waals surface area contributed by atoms with Gasteiger partial charge in [-0.3, -0.25) is 0 Å². The summed E-state index contributed by atoms with van der Waals surface area (Å²) in [7, 11) is 0. The number of aryl methyl sites for hydroxylation is 2. The van der Waals surface area contributed by atoms with Crippen LogP contribution < -0.4 is 5.73 Å². The second-order valence-electron chi connectivity index (χ2n) is 5.56. The quantitative estimate of drug-likeness (QED) is 0.568. The Morgan fingerprint density at radius 1 is 1.10 bits per heavy atom. The van der Waals surface area contributed by atoms with Gasteiger partial charge in [-0.1, -0.05) is 30.0 Å². The molecule has 3 nitrogen and oxygen atoms in total. The van der Waals surface area contributed by atoms with Gasteiger partial charge >= 0.3 is 0 Å². The molecule has 1 heterocycles. The predicted octanol–water partition coefficient (Wildman–Crippen LogP) is 3.93. The van der Waals surface area contributed by atoms with Crippen LogP contribution in [0.25, 0.3) is 11.0 Å². The molecule has 0 spiro atoms. The lowest BCUT2D eigenvalue weighted by molar-refractivity contribution is 0.911. The van der Waals surface area contributed by atoms with E-state index in [0.717, 1.165) is 27.6 Å². The molecule has 0 aliphatic heterocycles. The predicted molar refractivity (Wildman–Crippen MR) is 88.5 cm³/mol. The Balaban J connectivity index is 1.52. The molecule has 0 bridgehead atoms. The van der Waals surface area contributed by atoms with Gasteiger partial charge in [0.1, 0.15) is 0 Å². The molecule has 0 amide bonds. The molecule has 4 rings (SSSR count). The van der Waals surface area contributed by atoms with Crippen molar-refractivity contribution in [1.29, 1.82) is 0 Å². The molecule has 1 aliphatic rings. The van der Waals surface area contributed by atoms with Gasteiger partial charge in [0.2, 0.25) is 0 Å². The van der Waals surface area contributed by atoms with Gasteiger partial charge in [-0.2, -0.15) is 0 Å². The van der Waals surface area contributed by atoms with E-state index in [4.69, 9.17) is 5.73 Å². The molecule has 21 heavy (non-hydrogen) atoms. The van der Waals surface area contributed by atoms with Gasteiger partial charge < -0.3 is 10.7 Å². The number of benzene rings is 2. The van der Waals surface area contributed by atoms with Gasteiger partial charge in [0.05, 0.1) is 11.0 Å². The Labute approximate surface area is 128 Å². The number of imidazole rings is 1. The Kier molecular flexibility index (Phi) is 3.11. The van der Waals surface area contributed by atoms with Crippen LogP contribution in [-0.4, -0.2) is 9.97 Å². The highest BCUT2D eigenvalue weighted by Crippen LogP contribution is 2.27. The molecular weight excluding hydrogens is 278 g/mol. The Bertz CT molecular complexity index is 807. The zero-order valence-electron chi connectivity index (χ0n) is 11.7. The number of aromatic amines is 1. The molecule has 0 radical (unpaired) electrons. The molecule has 2 aromatic carbocycles. The monoisotopic (exact) mass is 295 g/mol. The largest absolute Gasteiger partial charge is 0.399 e. The summed E-state index contributed by atoms with van der Waals surface area (Å²) in [6.07, 6.45) is 3.78. The van der Waals surface area contributed by atoms with Crippen LogP contribution in [0.15, 0.2) is 41.6 Å². The van der Waals surface area contributed by atoms with Crippen molar-refractivity contribution in [3.8, 4) is 0 Å². The molecule has 0 saturated carbocycles. The van der Waals surface area contributed by atoms with E-state index in [0.29, 0.717) is 0 Å². The first kappa shape index (κ1) is 12.8. The number of nitrogen functional groups attached to an aromatic ring is 1. The van der Waals surface area contributed by atoms with Gasteiger partial charge in [-0.15, -0.1) is 0 Å². The van der Waals surface area contributed by atoms with E-state index in [9.17, 15) is 0 Å². The summed E-state index contributed by atoms with van der Waals surface area (Å²) in [6, 6.07) is 12.7. The number of aromatic nitrogens is 2. The number of H-pyrrole nitrogens is 1. The fourth-order valence-electron chi connectivity index (χ4n) is 2.94. The second-order valence-corrected chi connectivity index (χ2v) is 6.53. The maximum atomic E-state index is 5.80. The van der Waals surface area contributed by atoms with Crippen LogP contribution in [0.2, 0.25) is 0 Å². The summed E-state index contributed by atoms with van der Waals surface area (Å²) in [5, 5.41) is 0.955. The number of hydrogen-bond donors (Lipinski definition) is 2. The minimum absolute atomic E-state index is 0.765. The third kappa shape index (κ3) is 2.51. The summed E-state index contributed by atoms with van der Waals surface area (Å²) < 4.78 is 0. The van der Waals surface area contributed by atoms with Crippen molar-refractivity contribution >= 4 is 28.5 Å². The SMILES string of the molecule is Nc1ccc2nc(SCc3ccc4c(c3)CCC4)[nH]c2c1. The smallest absolute Gasteiger partial charge is 0.166 e. The van der Waals surface area contributed by atoms with E-state index < -0.39 is 0 Å². The van der Waals surface area contributed by atoms with E-state index >= 15 is 0 Å². The molecule has 3 N–H and O–H groups in total. The second kappa shape index (κ2) is 5.11. The lowest BCUT2D eigenvalue weighted by atomic mass is 10.1. The molecule has 4 heteroatoms. The van der Waals surface area contributed by atoms with E-state index in [1.807, 2.05) is 18.2 Å². The van der Waals surface area contributed by atoms with Crippen LogP contribution in [0.1, 0.15) is 23.1 Å². The lowest BCUT2D eigenvalue weighted by Gasteiger charge is -2.03. The van der Waals surface area contributed by atoms with Crippen molar-refractivity contribution in [3.05, 3.63) is 53.1 Å². The number of nitrogens with two attached hydrogens (primary N) is 1. The van der Waals surface area contributed by atoms with Crippen molar-refractivity contribution in [1.82, 2.24) is 9.97 Å².